The number of hydrogen-bond acceptors (Lipinski definition) is 7. The molecular formula is C14H14N2O6. The molecular weight excluding hydrogens is 292 g/mol. The fraction of sp³-hybridized carbons (Fsp3) is 0.286. The normalized spacial score (nSPS) is 9.32. The monoisotopic (exact) mass is 306 g/mol. The van der Waals surface area contributed by atoms with Crippen LogP contribution in [-0.2, 0) is 14.3 Å². The summed E-state index contributed by atoms with van der Waals surface area (Å²) in [5.41, 5.74) is 0.377. The van der Waals surface area contributed by atoms with Crippen LogP contribution in [0.3, 0.4) is 0 Å². The van der Waals surface area contributed by atoms with Crippen molar-refractivity contribution < 1.29 is 28.7 Å². The van der Waals surface area contributed by atoms with Crippen LogP contribution >= 0.6 is 0 Å². The van der Waals surface area contributed by atoms with Gasteiger partial charge in [-0.1, -0.05) is 5.06 Å². The summed E-state index contributed by atoms with van der Waals surface area (Å²) in [6.45, 7) is 3.08. The van der Waals surface area contributed by atoms with Gasteiger partial charge in [-0.15, -0.1) is 0 Å². The van der Waals surface area contributed by atoms with Crippen molar-refractivity contribution in [3.05, 3.63) is 35.4 Å². The second kappa shape index (κ2) is 8.26. The number of hydroxylamine groups is 2. The predicted octanol–water partition coefficient (Wildman–Crippen LogP) is 2.25. The molecule has 0 saturated heterocycles. The minimum Gasteiger partial charge on any atom is -0.447 e. The molecule has 0 unspecified atom stereocenters. The fourth-order valence-corrected chi connectivity index (χ4v) is 1.37. The zero-order valence-corrected chi connectivity index (χ0v) is 12.1. The Morgan fingerprint density at radius 1 is 1.09 bits per heavy atom. The van der Waals surface area contributed by atoms with Gasteiger partial charge in [0.05, 0.1) is 24.8 Å². The lowest BCUT2D eigenvalue weighted by Crippen LogP contribution is -2.39. The summed E-state index contributed by atoms with van der Waals surface area (Å²) in [7, 11) is 0. The Bertz CT molecular complexity index is 590. The van der Waals surface area contributed by atoms with Crippen LogP contribution in [0.4, 0.5) is 9.59 Å². The maximum Gasteiger partial charge on any atom is 0.534 e. The van der Waals surface area contributed by atoms with E-state index in [1.807, 2.05) is 6.07 Å². The molecule has 2 amide bonds. The summed E-state index contributed by atoms with van der Waals surface area (Å²) < 4.78 is 9.17. The molecule has 0 aliphatic heterocycles. The first-order chi connectivity index (χ1) is 10.5. The van der Waals surface area contributed by atoms with E-state index in [1.54, 1.807) is 6.92 Å². The molecule has 0 aliphatic rings. The largest absolute Gasteiger partial charge is 0.534 e. The molecule has 0 heterocycles. The van der Waals surface area contributed by atoms with E-state index in [-0.39, 0.29) is 23.8 Å². The molecule has 1 aromatic rings. The van der Waals surface area contributed by atoms with E-state index in [1.165, 1.54) is 31.2 Å². The van der Waals surface area contributed by atoms with Crippen molar-refractivity contribution in [2.75, 3.05) is 13.2 Å². The van der Waals surface area contributed by atoms with E-state index < -0.39 is 18.2 Å². The van der Waals surface area contributed by atoms with Gasteiger partial charge in [0.25, 0.3) is 5.91 Å². The summed E-state index contributed by atoms with van der Waals surface area (Å²) >= 11 is 0. The number of rotatable bonds is 3. The average molecular weight is 306 g/mol. The highest BCUT2D eigenvalue weighted by atomic mass is 16.8. The van der Waals surface area contributed by atoms with Crippen molar-refractivity contribution >= 4 is 18.2 Å². The molecule has 0 N–H and O–H groups in total. The highest BCUT2D eigenvalue weighted by molar-refractivity contribution is 6.02. The van der Waals surface area contributed by atoms with E-state index in [4.69, 9.17) is 5.26 Å². The van der Waals surface area contributed by atoms with Crippen LogP contribution in [-0.4, -0.2) is 36.4 Å². The van der Waals surface area contributed by atoms with Gasteiger partial charge in [-0.25, -0.2) is 9.59 Å². The molecule has 0 atom stereocenters. The third kappa shape index (κ3) is 4.49. The lowest BCUT2D eigenvalue weighted by molar-refractivity contribution is -0.0856. The van der Waals surface area contributed by atoms with Crippen LogP contribution in [0.15, 0.2) is 24.3 Å². The summed E-state index contributed by atoms with van der Waals surface area (Å²) in [6.07, 6.45) is -2.36. The summed E-state index contributed by atoms with van der Waals surface area (Å²) in [5.74, 6) is -0.920. The topological polar surface area (TPSA) is 106 Å². The first kappa shape index (κ1) is 17.0. The number of amides is 2. The minimum absolute atomic E-state index is 0.0117. The van der Waals surface area contributed by atoms with Crippen molar-refractivity contribution in [2.45, 2.75) is 13.8 Å². The van der Waals surface area contributed by atoms with Crippen molar-refractivity contribution in [3.63, 3.8) is 0 Å². The molecule has 0 saturated carbocycles. The van der Waals surface area contributed by atoms with E-state index in [0.29, 0.717) is 5.56 Å². The van der Waals surface area contributed by atoms with Crippen LogP contribution in [0.1, 0.15) is 29.8 Å². The van der Waals surface area contributed by atoms with Gasteiger partial charge in [-0.2, -0.15) is 5.26 Å². The van der Waals surface area contributed by atoms with Gasteiger partial charge in [0.15, 0.2) is 0 Å². The van der Waals surface area contributed by atoms with Crippen LogP contribution in [0.2, 0.25) is 0 Å². The average Bonchev–Trinajstić information content (AvgIpc) is 2.52. The van der Waals surface area contributed by atoms with Gasteiger partial charge in [0.1, 0.15) is 0 Å². The van der Waals surface area contributed by atoms with Crippen LogP contribution in [0.5, 0.6) is 0 Å². The van der Waals surface area contributed by atoms with E-state index in [9.17, 15) is 14.4 Å². The van der Waals surface area contributed by atoms with E-state index >= 15 is 0 Å². The molecule has 0 bridgehead atoms. The number of hydrogen-bond donors (Lipinski definition) is 0. The van der Waals surface area contributed by atoms with Crippen molar-refractivity contribution in [1.29, 1.82) is 5.26 Å². The molecule has 8 nitrogen and oxygen atoms in total. The molecule has 0 spiro atoms. The molecule has 22 heavy (non-hydrogen) atoms. The zero-order valence-electron chi connectivity index (χ0n) is 12.1. The Labute approximate surface area is 126 Å². The summed E-state index contributed by atoms with van der Waals surface area (Å²) in [4.78, 5) is 39.8. The molecule has 1 aromatic carbocycles. The Morgan fingerprint density at radius 3 is 2.18 bits per heavy atom. The van der Waals surface area contributed by atoms with Crippen molar-refractivity contribution in [1.82, 2.24) is 5.06 Å². The molecule has 8 heteroatoms. The Balaban J connectivity index is 2.97. The van der Waals surface area contributed by atoms with Crippen LogP contribution in [0, 0.1) is 11.3 Å². The lowest BCUT2D eigenvalue weighted by Gasteiger charge is -2.17. The SMILES string of the molecule is CCOC(=O)ON(C(=O)OCC)C(=O)c1ccc(C#N)cc1. The van der Waals surface area contributed by atoms with Gasteiger partial charge >= 0.3 is 12.2 Å². The second-order valence-corrected chi connectivity index (χ2v) is 3.76. The first-order valence-electron chi connectivity index (χ1n) is 6.39. The third-order valence-corrected chi connectivity index (χ3v) is 2.31. The van der Waals surface area contributed by atoms with Gasteiger partial charge in [0, 0.05) is 5.56 Å². The third-order valence-electron chi connectivity index (χ3n) is 2.31. The van der Waals surface area contributed by atoms with Crippen molar-refractivity contribution in [2.24, 2.45) is 0 Å². The molecule has 0 aromatic heterocycles. The number of carbonyl (C=O) groups is 3. The van der Waals surface area contributed by atoms with Gasteiger partial charge in [-0.3, -0.25) is 9.63 Å². The van der Waals surface area contributed by atoms with Crippen LogP contribution in [0.25, 0.3) is 0 Å². The number of benzene rings is 1. The standard InChI is InChI=1S/C14H14N2O6/c1-3-20-13(18)16(22-14(19)21-4-2)12(17)11-7-5-10(9-15)6-8-11/h5-8H,3-4H2,1-2H3. The number of carbonyl (C=O) groups excluding carboxylic acids is 3. The molecule has 0 aliphatic carbocycles. The molecule has 1 rings (SSSR count). The van der Waals surface area contributed by atoms with E-state index in [2.05, 4.69) is 14.3 Å². The second-order valence-electron chi connectivity index (χ2n) is 3.76. The van der Waals surface area contributed by atoms with Gasteiger partial charge < -0.3 is 9.47 Å². The highest BCUT2D eigenvalue weighted by Gasteiger charge is 2.29. The number of nitriles is 1. The molecule has 0 radical (unpaired) electrons. The van der Waals surface area contributed by atoms with Gasteiger partial charge in [0.2, 0.25) is 0 Å². The number of imide groups is 1. The zero-order chi connectivity index (χ0) is 16.5. The fourth-order valence-electron chi connectivity index (χ4n) is 1.37. The minimum atomic E-state index is -1.21. The molecule has 0 fully saturated rings. The predicted molar refractivity (Wildman–Crippen MR) is 72.5 cm³/mol. The Kier molecular flexibility index (Phi) is 6.37. The Morgan fingerprint density at radius 2 is 1.68 bits per heavy atom. The number of ether oxygens (including phenoxy) is 2. The summed E-state index contributed by atoms with van der Waals surface area (Å²) in [6, 6.07) is 7.31. The quantitative estimate of drug-likeness (QED) is 0.622. The number of nitrogens with zero attached hydrogens (tertiary/aromatic N) is 2. The maximum absolute atomic E-state index is 12.2. The van der Waals surface area contributed by atoms with Crippen LogP contribution < -0.4 is 0 Å². The maximum atomic E-state index is 12.2. The first-order valence-corrected chi connectivity index (χ1v) is 6.39. The Hall–Kier alpha value is -3.08. The van der Waals surface area contributed by atoms with E-state index in [0.717, 1.165) is 0 Å². The van der Waals surface area contributed by atoms with Crippen molar-refractivity contribution in [3.8, 4) is 6.07 Å². The summed E-state index contributed by atoms with van der Waals surface area (Å²) in [5, 5.41) is 8.88. The molecule has 116 valence electrons. The lowest BCUT2D eigenvalue weighted by atomic mass is 10.1. The van der Waals surface area contributed by atoms with Gasteiger partial charge in [-0.05, 0) is 38.1 Å². The highest BCUT2D eigenvalue weighted by Crippen LogP contribution is 2.10. The smallest absolute Gasteiger partial charge is 0.447 e.